The van der Waals surface area contributed by atoms with E-state index in [1.165, 1.54) is 33.1 Å². The van der Waals surface area contributed by atoms with Gasteiger partial charge in [0.05, 0.1) is 12.4 Å². The van der Waals surface area contributed by atoms with Crippen LogP contribution in [-0.2, 0) is 7.05 Å². The van der Waals surface area contributed by atoms with Crippen molar-refractivity contribution in [2.75, 3.05) is 23.5 Å². The van der Waals surface area contributed by atoms with Crippen LogP contribution in [0.2, 0.25) is 0 Å². The van der Waals surface area contributed by atoms with Gasteiger partial charge in [-0.05, 0) is 35.9 Å². The highest BCUT2D eigenvalue weighted by molar-refractivity contribution is 6.14. The zero-order valence-corrected chi connectivity index (χ0v) is 17.1. The first-order valence-corrected chi connectivity index (χ1v) is 10.2. The monoisotopic (exact) mass is 390 g/mol. The van der Waals surface area contributed by atoms with Gasteiger partial charge in [0.1, 0.15) is 0 Å². The van der Waals surface area contributed by atoms with Crippen molar-refractivity contribution < 1.29 is 0 Å². The van der Waals surface area contributed by atoms with Gasteiger partial charge in [-0.15, -0.1) is 0 Å². The molecule has 0 bridgehead atoms. The zero-order chi connectivity index (χ0) is 20.2. The predicted octanol–water partition coefficient (Wildman–Crippen LogP) is 5.94. The molecular formula is C26H22N4. The van der Waals surface area contributed by atoms with Crippen molar-refractivity contribution in [1.82, 2.24) is 9.55 Å². The minimum atomic E-state index is 0.800. The number of para-hydroxylation sites is 2. The molecule has 1 aliphatic rings. The van der Waals surface area contributed by atoms with Crippen molar-refractivity contribution in [3.05, 3.63) is 85.1 Å². The van der Waals surface area contributed by atoms with E-state index in [1.807, 2.05) is 12.3 Å². The molecule has 6 rings (SSSR count). The van der Waals surface area contributed by atoms with E-state index < -0.39 is 0 Å². The maximum Gasteiger partial charge on any atom is 0.158 e. The molecule has 30 heavy (non-hydrogen) atoms. The molecule has 0 saturated heterocycles. The van der Waals surface area contributed by atoms with Crippen LogP contribution in [0, 0.1) is 0 Å². The second kappa shape index (κ2) is 6.36. The van der Waals surface area contributed by atoms with Crippen LogP contribution < -0.4 is 9.80 Å². The second-order valence-electron chi connectivity index (χ2n) is 7.95. The van der Waals surface area contributed by atoms with Crippen LogP contribution in [0.3, 0.4) is 0 Å². The summed E-state index contributed by atoms with van der Waals surface area (Å²) in [5.74, 6) is 1.01. The smallest absolute Gasteiger partial charge is 0.158 e. The summed E-state index contributed by atoms with van der Waals surface area (Å²) >= 11 is 0. The molecule has 0 unspecified atom stereocenters. The first kappa shape index (κ1) is 17.1. The quantitative estimate of drug-likeness (QED) is 0.373. The van der Waals surface area contributed by atoms with Crippen LogP contribution in [0.5, 0.6) is 0 Å². The maximum atomic E-state index is 4.91. The van der Waals surface area contributed by atoms with Crippen molar-refractivity contribution in [2.45, 2.75) is 0 Å². The van der Waals surface area contributed by atoms with E-state index in [2.05, 4.69) is 101 Å². The van der Waals surface area contributed by atoms with Crippen LogP contribution in [-0.4, -0.2) is 23.3 Å². The van der Waals surface area contributed by atoms with E-state index in [4.69, 9.17) is 4.98 Å². The molecular weight excluding hydrogens is 368 g/mol. The molecule has 0 N–H and O–H groups in total. The average Bonchev–Trinajstić information content (AvgIpc) is 3.29. The maximum absolute atomic E-state index is 4.91. The summed E-state index contributed by atoms with van der Waals surface area (Å²) in [6, 6.07) is 27.9. The summed E-state index contributed by atoms with van der Waals surface area (Å²) in [7, 11) is 4.27. The fourth-order valence-corrected chi connectivity index (χ4v) is 4.70. The Morgan fingerprint density at radius 1 is 0.800 bits per heavy atom. The van der Waals surface area contributed by atoms with E-state index in [-0.39, 0.29) is 0 Å². The molecule has 4 nitrogen and oxygen atoms in total. The molecule has 0 aliphatic carbocycles. The van der Waals surface area contributed by atoms with Gasteiger partial charge < -0.3 is 14.4 Å². The number of benzene rings is 3. The lowest BCUT2D eigenvalue weighted by Crippen LogP contribution is -2.24. The molecule has 5 aromatic rings. The van der Waals surface area contributed by atoms with Crippen LogP contribution in [0.1, 0.15) is 0 Å². The number of anilines is 3. The third-order valence-electron chi connectivity index (χ3n) is 6.19. The van der Waals surface area contributed by atoms with Crippen LogP contribution >= 0.6 is 0 Å². The summed E-state index contributed by atoms with van der Waals surface area (Å²) in [6.07, 6.45) is 2.02. The molecule has 0 atom stereocenters. The number of rotatable bonds is 2. The number of aryl methyl sites for hydroxylation is 1. The Hall–Kier alpha value is -3.79. The van der Waals surface area contributed by atoms with Gasteiger partial charge in [0, 0.05) is 53.3 Å². The van der Waals surface area contributed by atoms with Gasteiger partial charge in [-0.25, -0.2) is 4.98 Å². The highest BCUT2D eigenvalue weighted by Gasteiger charge is 2.26. The minimum absolute atomic E-state index is 0.800. The van der Waals surface area contributed by atoms with Gasteiger partial charge in [-0.3, -0.25) is 0 Å². The summed E-state index contributed by atoms with van der Waals surface area (Å²) < 4.78 is 2.28. The van der Waals surface area contributed by atoms with E-state index in [9.17, 15) is 0 Å². The number of nitrogens with zero attached hydrogens (tertiary/aromatic N) is 4. The van der Waals surface area contributed by atoms with Gasteiger partial charge in [-0.1, -0.05) is 48.5 Å². The van der Waals surface area contributed by atoms with Gasteiger partial charge >= 0.3 is 0 Å². The highest BCUT2D eigenvalue weighted by atomic mass is 15.4. The van der Waals surface area contributed by atoms with E-state index in [0.717, 1.165) is 23.7 Å². The molecule has 0 saturated carbocycles. The lowest BCUT2D eigenvalue weighted by atomic mass is 10.0. The Bertz CT molecular complexity index is 1400. The zero-order valence-electron chi connectivity index (χ0n) is 17.1. The summed E-state index contributed by atoms with van der Waals surface area (Å²) in [6.45, 7) is 0.800. The largest absolute Gasteiger partial charge is 0.353 e. The van der Waals surface area contributed by atoms with Crippen molar-refractivity contribution in [3.63, 3.8) is 0 Å². The Morgan fingerprint density at radius 3 is 2.43 bits per heavy atom. The molecule has 146 valence electrons. The number of fused-ring (bicyclic) bond motifs is 4. The van der Waals surface area contributed by atoms with Crippen LogP contribution in [0.15, 0.2) is 85.1 Å². The molecule has 3 heterocycles. The molecule has 0 radical (unpaired) electrons. The molecule has 1 aliphatic heterocycles. The fourth-order valence-electron chi connectivity index (χ4n) is 4.70. The Balaban J connectivity index is 1.55. The van der Waals surface area contributed by atoms with E-state index in [1.54, 1.807) is 0 Å². The summed E-state index contributed by atoms with van der Waals surface area (Å²) in [5.41, 5.74) is 7.20. The second-order valence-corrected chi connectivity index (χ2v) is 7.95. The molecule has 4 heteroatoms. The van der Waals surface area contributed by atoms with Crippen LogP contribution in [0.25, 0.3) is 32.9 Å². The minimum Gasteiger partial charge on any atom is -0.353 e. The van der Waals surface area contributed by atoms with Gasteiger partial charge in [0.25, 0.3) is 0 Å². The first-order chi connectivity index (χ1) is 14.7. The third kappa shape index (κ3) is 2.37. The Labute approximate surface area is 175 Å². The van der Waals surface area contributed by atoms with E-state index >= 15 is 0 Å². The fraction of sp³-hybridized carbons (Fsp3) is 0.115. The van der Waals surface area contributed by atoms with Crippen molar-refractivity contribution in [2.24, 2.45) is 7.05 Å². The lowest BCUT2D eigenvalue weighted by molar-refractivity contribution is 0.944. The first-order valence-electron chi connectivity index (χ1n) is 10.2. The van der Waals surface area contributed by atoms with Crippen LogP contribution in [0.4, 0.5) is 17.2 Å². The summed E-state index contributed by atoms with van der Waals surface area (Å²) in [5, 5.41) is 2.57. The van der Waals surface area contributed by atoms with Crippen molar-refractivity contribution >= 4 is 39.0 Å². The lowest BCUT2D eigenvalue weighted by Gasteiger charge is -2.18. The number of hydrogen-bond donors (Lipinski definition) is 0. The predicted molar refractivity (Wildman–Crippen MR) is 126 cm³/mol. The highest BCUT2D eigenvalue weighted by Crippen LogP contribution is 2.42. The SMILES string of the molecule is CN1CN(c2ccccc2)c2ncc(-c3cccc4c3c3ccccc3n4C)cc21. The Morgan fingerprint density at radius 2 is 1.57 bits per heavy atom. The molecule has 2 aromatic heterocycles. The van der Waals surface area contributed by atoms with Gasteiger partial charge in [0.15, 0.2) is 5.82 Å². The number of pyridine rings is 1. The number of hydrogen-bond acceptors (Lipinski definition) is 3. The molecule has 0 amide bonds. The van der Waals surface area contributed by atoms with Gasteiger partial charge in [-0.2, -0.15) is 0 Å². The van der Waals surface area contributed by atoms with Crippen molar-refractivity contribution in [3.8, 4) is 11.1 Å². The topological polar surface area (TPSA) is 24.3 Å². The van der Waals surface area contributed by atoms with Crippen molar-refractivity contribution in [1.29, 1.82) is 0 Å². The Kier molecular flexibility index (Phi) is 3.62. The normalized spacial score (nSPS) is 13.4. The van der Waals surface area contributed by atoms with E-state index in [0.29, 0.717) is 0 Å². The standard InChI is InChI=1S/C26H22N4/c1-28-17-30(19-9-4-3-5-10-19)26-24(28)15-18(16-27-26)20-12-8-14-23-25(20)21-11-6-7-13-22(21)29(23)2/h3-16H,17H2,1-2H3. The molecule has 0 fully saturated rings. The third-order valence-corrected chi connectivity index (χ3v) is 6.19. The number of aromatic nitrogens is 2. The molecule has 0 spiro atoms. The summed E-state index contributed by atoms with van der Waals surface area (Å²) in [4.78, 5) is 9.44. The molecule has 3 aromatic carbocycles. The average molecular weight is 390 g/mol. The van der Waals surface area contributed by atoms with Gasteiger partial charge in [0.2, 0.25) is 0 Å².